The molecule has 2 unspecified atom stereocenters. The topological polar surface area (TPSA) is 46.2 Å². The Labute approximate surface area is 101 Å². The summed E-state index contributed by atoms with van der Waals surface area (Å²) in [5, 5.41) is 10.3. The zero-order valence-corrected chi connectivity index (χ0v) is 9.51. The van der Waals surface area contributed by atoms with Gasteiger partial charge in [-0.2, -0.15) is 0 Å². The van der Waals surface area contributed by atoms with Crippen molar-refractivity contribution in [3.63, 3.8) is 0 Å². The number of hydrogen-bond donors (Lipinski definition) is 2. The van der Waals surface area contributed by atoms with Gasteiger partial charge in [-0.25, -0.2) is 0 Å². The summed E-state index contributed by atoms with van der Waals surface area (Å²) in [4.78, 5) is 0. The Balaban J connectivity index is 2.20. The first-order valence-corrected chi connectivity index (χ1v) is 5.86. The van der Waals surface area contributed by atoms with Gasteiger partial charge in [-0.05, 0) is 28.7 Å². The lowest BCUT2D eigenvalue weighted by molar-refractivity contribution is 0.147. The van der Waals surface area contributed by atoms with E-state index in [9.17, 15) is 5.11 Å². The number of aliphatic hydroxyl groups is 1. The normalized spacial score (nSPS) is 22.5. The molecule has 0 aromatic heterocycles. The molecule has 3 N–H and O–H groups in total. The van der Waals surface area contributed by atoms with E-state index in [0.29, 0.717) is 0 Å². The minimum atomic E-state index is -0.616. The van der Waals surface area contributed by atoms with Gasteiger partial charge in [0.2, 0.25) is 0 Å². The molecule has 0 aliphatic heterocycles. The van der Waals surface area contributed by atoms with E-state index in [1.807, 2.05) is 36.4 Å². The van der Waals surface area contributed by atoms with Crippen LogP contribution in [0.2, 0.25) is 0 Å². The third-order valence-corrected chi connectivity index (χ3v) is 3.51. The highest BCUT2D eigenvalue weighted by Crippen LogP contribution is 2.35. The Morgan fingerprint density at radius 2 is 1.41 bits per heavy atom. The van der Waals surface area contributed by atoms with Gasteiger partial charge in [0, 0.05) is 0 Å². The molecule has 0 spiro atoms. The van der Waals surface area contributed by atoms with Gasteiger partial charge in [0.1, 0.15) is 0 Å². The minimum absolute atomic E-state index is 0.338. The Morgan fingerprint density at radius 1 is 0.882 bits per heavy atom. The molecule has 1 aliphatic rings. The first-order valence-electron chi connectivity index (χ1n) is 5.86. The molecule has 1 aliphatic carbocycles. The molecule has 2 nitrogen and oxygen atoms in total. The summed E-state index contributed by atoms with van der Waals surface area (Å²) >= 11 is 0. The van der Waals surface area contributed by atoms with Gasteiger partial charge in [0.15, 0.2) is 0 Å². The SMILES string of the molecule is NC1c2ccccc2Cc2ccccc2C1O. The van der Waals surface area contributed by atoms with Crippen LogP contribution in [0.4, 0.5) is 0 Å². The molecule has 0 bridgehead atoms. The number of nitrogens with two attached hydrogens (primary N) is 1. The van der Waals surface area contributed by atoms with Crippen molar-refractivity contribution in [1.29, 1.82) is 0 Å². The number of benzene rings is 2. The molecule has 0 radical (unpaired) electrons. The number of fused-ring (bicyclic) bond motifs is 2. The van der Waals surface area contributed by atoms with Crippen molar-refractivity contribution < 1.29 is 5.11 Å². The third kappa shape index (κ3) is 1.66. The molecular formula is C15H15NO. The molecule has 2 aromatic carbocycles. The second kappa shape index (κ2) is 3.99. The molecule has 0 fully saturated rings. The Kier molecular flexibility index (Phi) is 2.46. The van der Waals surface area contributed by atoms with Crippen molar-refractivity contribution in [2.75, 3.05) is 0 Å². The van der Waals surface area contributed by atoms with E-state index < -0.39 is 6.10 Å². The number of hydrogen-bond acceptors (Lipinski definition) is 2. The van der Waals surface area contributed by atoms with Crippen molar-refractivity contribution in [2.24, 2.45) is 5.73 Å². The summed E-state index contributed by atoms with van der Waals surface area (Å²) in [6.07, 6.45) is 0.228. The zero-order valence-electron chi connectivity index (χ0n) is 9.51. The van der Waals surface area contributed by atoms with Crippen molar-refractivity contribution in [3.8, 4) is 0 Å². The lowest BCUT2D eigenvalue weighted by Crippen LogP contribution is -2.19. The molecule has 2 aromatic rings. The molecule has 0 saturated carbocycles. The van der Waals surface area contributed by atoms with Crippen LogP contribution in [0.1, 0.15) is 34.4 Å². The standard InChI is InChI=1S/C15H15NO/c16-14-12-7-3-1-5-10(12)9-11-6-2-4-8-13(11)15(14)17/h1-8,14-15,17H,9,16H2. The van der Waals surface area contributed by atoms with Crippen LogP contribution in [0.25, 0.3) is 0 Å². The maximum absolute atomic E-state index is 10.3. The zero-order chi connectivity index (χ0) is 11.8. The average molecular weight is 225 g/mol. The molecule has 0 saturated heterocycles. The van der Waals surface area contributed by atoms with Crippen molar-refractivity contribution >= 4 is 0 Å². The van der Waals surface area contributed by atoms with Crippen molar-refractivity contribution in [3.05, 3.63) is 70.8 Å². The smallest absolute Gasteiger partial charge is 0.0985 e. The lowest BCUT2D eigenvalue weighted by atomic mass is 9.97. The molecule has 86 valence electrons. The van der Waals surface area contributed by atoms with Crippen LogP contribution in [-0.2, 0) is 6.42 Å². The summed E-state index contributed by atoms with van der Waals surface area (Å²) in [5.74, 6) is 0. The van der Waals surface area contributed by atoms with Crippen molar-refractivity contribution in [2.45, 2.75) is 18.6 Å². The van der Waals surface area contributed by atoms with Gasteiger partial charge in [-0.1, -0.05) is 48.5 Å². The predicted molar refractivity (Wildman–Crippen MR) is 67.6 cm³/mol. The monoisotopic (exact) mass is 225 g/mol. The van der Waals surface area contributed by atoms with E-state index in [4.69, 9.17) is 5.73 Å². The summed E-state index contributed by atoms with van der Waals surface area (Å²) < 4.78 is 0. The summed E-state index contributed by atoms with van der Waals surface area (Å²) in [5.41, 5.74) is 10.5. The molecule has 2 heteroatoms. The first-order chi connectivity index (χ1) is 8.27. The lowest BCUT2D eigenvalue weighted by Gasteiger charge is -2.19. The van der Waals surface area contributed by atoms with Gasteiger partial charge >= 0.3 is 0 Å². The Morgan fingerprint density at radius 3 is 2.12 bits per heavy atom. The molecule has 0 heterocycles. The average Bonchev–Trinajstić information content (AvgIpc) is 2.48. The van der Waals surface area contributed by atoms with Gasteiger partial charge < -0.3 is 10.8 Å². The highest BCUT2D eigenvalue weighted by Gasteiger charge is 2.26. The molecular weight excluding hydrogens is 210 g/mol. The second-order valence-electron chi connectivity index (χ2n) is 4.55. The van der Waals surface area contributed by atoms with Crippen LogP contribution in [-0.4, -0.2) is 5.11 Å². The maximum Gasteiger partial charge on any atom is 0.0985 e. The third-order valence-electron chi connectivity index (χ3n) is 3.51. The van der Waals surface area contributed by atoms with E-state index in [1.165, 1.54) is 11.1 Å². The molecule has 17 heavy (non-hydrogen) atoms. The first kappa shape index (κ1) is 10.5. The maximum atomic E-state index is 10.3. The predicted octanol–water partition coefficient (Wildman–Crippen LogP) is 2.32. The largest absolute Gasteiger partial charge is 0.386 e. The minimum Gasteiger partial charge on any atom is -0.386 e. The fourth-order valence-corrected chi connectivity index (χ4v) is 2.57. The van der Waals surface area contributed by atoms with E-state index in [1.54, 1.807) is 0 Å². The van der Waals surface area contributed by atoms with Crippen LogP contribution >= 0.6 is 0 Å². The molecule has 2 atom stereocenters. The van der Waals surface area contributed by atoms with Gasteiger partial charge in [-0.3, -0.25) is 0 Å². The highest BCUT2D eigenvalue weighted by atomic mass is 16.3. The van der Waals surface area contributed by atoms with Crippen LogP contribution in [0, 0.1) is 0 Å². The Hall–Kier alpha value is -1.64. The fourth-order valence-electron chi connectivity index (χ4n) is 2.57. The Bertz CT molecular complexity index is 501. The van der Waals surface area contributed by atoms with Crippen LogP contribution in [0.3, 0.4) is 0 Å². The molecule has 0 amide bonds. The van der Waals surface area contributed by atoms with E-state index >= 15 is 0 Å². The second-order valence-corrected chi connectivity index (χ2v) is 4.55. The summed E-state index contributed by atoms with van der Waals surface area (Å²) in [6.45, 7) is 0. The van der Waals surface area contributed by atoms with Gasteiger partial charge in [0.05, 0.1) is 12.1 Å². The van der Waals surface area contributed by atoms with Gasteiger partial charge in [-0.15, -0.1) is 0 Å². The van der Waals surface area contributed by atoms with E-state index in [-0.39, 0.29) is 6.04 Å². The number of rotatable bonds is 0. The highest BCUT2D eigenvalue weighted by molar-refractivity contribution is 5.43. The van der Waals surface area contributed by atoms with E-state index in [2.05, 4.69) is 12.1 Å². The van der Waals surface area contributed by atoms with Crippen LogP contribution < -0.4 is 5.73 Å². The van der Waals surface area contributed by atoms with Crippen molar-refractivity contribution in [1.82, 2.24) is 0 Å². The number of aliphatic hydroxyl groups excluding tert-OH is 1. The fraction of sp³-hybridized carbons (Fsp3) is 0.200. The quantitative estimate of drug-likeness (QED) is 0.722. The van der Waals surface area contributed by atoms with Crippen LogP contribution in [0.15, 0.2) is 48.5 Å². The molecule has 3 rings (SSSR count). The summed E-state index contributed by atoms with van der Waals surface area (Å²) in [7, 11) is 0. The van der Waals surface area contributed by atoms with E-state index in [0.717, 1.165) is 17.5 Å². The summed E-state index contributed by atoms with van der Waals surface area (Å²) in [6, 6.07) is 15.7. The van der Waals surface area contributed by atoms with Crippen LogP contribution in [0.5, 0.6) is 0 Å². The van der Waals surface area contributed by atoms with Gasteiger partial charge in [0.25, 0.3) is 0 Å².